The predicted octanol–water partition coefficient (Wildman–Crippen LogP) is -0.812. The first-order chi connectivity index (χ1) is 5.66. The van der Waals surface area contributed by atoms with Crippen molar-refractivity contribution < 1.29 is 9.90 Å². The van der Waals surface area contributed by atoms with E-state index >= 15 is 0 Å². The van der Waals surface area contributed by atoms with Crippen molar-refractivity contribution in [3.05, 3.63) is 0 Å². The summed E-state index contributed by atoms with van der Waals surface area (Å²) in [6.07, 6.45) is 0.167. The predicted molar refractivity (Wildman–Crippen MR) is 45.7 cm³/mol. The van der Waals surface area contributed by atoms with Gasteiger partial charge in [-0.1, -0.05) is 0 Å². The van der Waals surface area contributed by atoms with E-state index in [1.807, 2.05) is 6.92 Å². The van der Waals surface area contributed by atoms with Gasteiger partial charge in [0.2, 0.25) is 5.91 Å². The van der Waals surface area contributed by atoms with Gasteiger partial charge < -0.3 is 15.3 Å². The van der Waals surface area contributed by atoms with E-state index in [-0.39, 0.29) is 11.9 Å². The Labute approximate surface area is 72.6 Å². The molecule has 0 aromatic rings. The van der Waals surface area contributed by atoms with E-state index in [9.17, 15) is 9.90 Å². The van der Waals surface area contributed by atoms with Crippen LogP contribution in [0.1, 0.15) is 13.3 Å². The van der Waals surface area contributed by atoms with Crippen LogP contribution in [-0.4, -0.2) is 48.2 Å². The molecule has 0 aliphatic carbocycles. The second-order valence-electron chi connectivity index (χ2n) is 3.14. The van der Waals surface area contributed by atoms with Crippen molar-refractivity contribution in [2.45, 2.75) is 25.5 Å². The first-order valence-electron chi connectivity index (χ1n) is 4.33. The van der Waals surface area contributed by atoms with Crippen LogP contribution >= 0.6 is 0 Å². The molecule has 1 amide bonds. The molecule has 2 atom stereocenters. The summed E-state index contributed by atoms with van der Waals surface area (Å²) in [5, 5.41) is 12.4. The molecule has 0 radical (unpaired) electrons. The van der Waals surface area contributed by atoms with E-state index in [0.717, 1.165) is 6.54 Å². The average molecular weight is 172 g/mol. The smallest absolute Gasteiger partial charge is 0.242 e. The lowest BCUT2D eigenvalue weighted by atomic mass is 10.1. The maximum absolute atomic E-state index is 11.5. The standard InChI is InChI=1S/C8H16N2O2/c1-3-10(2)8(12)7-6(11)4-5-9-7/h6-7,9,11H,3-5H2,1-2H3/t6?,7-/m0/s1. The Hall–Kier alpha value is -0.610. The Morgan fingerprint density at radius 1 is 1.75 bits per heavy atom. The largest absolute Gasteiger partial charge is 0.391 e. The van der Waals surface area contributed by atoms with Crippen molar-refractivity contribution in [2.24, 2.45) is 0 Å². The van der Waals surface area contributed by atoms with Gasteiger partial charge in [-0.15, -0.1) is 0 Å². The van der Waals surface area contributed by atoms with E-state index < -0.39 is 6.10 Å². The first-order valence-corrected chi connectivity index (χ1v) is 4.33. The Morgan fingerprint density at radius 2 is 2.42 bits per heavy atom. The van der Waals surface area contributed by atoms with Gasteiger partial charge in [-0.2, -0.15) is 0 Å². The van der Waals surface area contributed by atoms with Gasteiger partial charge in [0, 0.05) is 13.6 Å². The van der Waals surface area contributed by atoms with Gasteiger partial charge in [0.25, 0.3) is 0 Å². The number of hydrogen-bond acceptors (Lipinski definition) is 3. The van der Waals surface area contributed by atoms with Gasteiger partial charge in [-0.3, -0.25) is 4.79 Å². The molecule has 1 aliphatic heterocycles. The highest BCUT2D eigenvalue weighted by Crippen LogP contribution is 2.08. The van der Waals surface area contributed by atoms with Crippen molar-refractivity contribution >= 4 is 5.91 Å². The molecule has 70 valence electrons. The van der Waals surface area contributed by atoms with Crippen molar-refractivity contribution in [2.75, 3.05) is 20.1 Å². The zero-order chi connectivity index (χ0) is 9.14. The molecule has 1 fully saturated rings. The topological polar surface area (TPSA) is 52.6 Å². The molecule has 12 heavy (non-hydrogen) atoms. The van der Waals surface area contributed by atoms with Crippen LogP contribution in [-0.2, 0) is 4.79 Å². The lowest BCUT2D eigenvalue weighted by Crippen LogP contribution is -2.46. The number of nitrogens with zero attached hydrogens (tertiary/aromatic N) is 1. The highest BCUT2D eigenvalue weighted by molar-refractivity contribution is 5.82. The van der Waals surface area contributed by atoms with Crippen LogP contribution in [0.25, 0.3) is 0 Å². The van der Waals surface area contributed by atoms with Crippen LogP contribution in [0.3, 0.4) is 0 Å². The van der Waals surface area contributed by atoms with E-state index in [2.05, 4.69) is 5.32 Å². The molecule has 1 aliphatic rings. The maximum Gasteiger partial charge on any atom is 0.242 e. The molecule has 0 aromatic carbocycles. The van der Waals surface area contributed by atoms with E-state index in [0.29, 0.717) is 13.0 Å². The molecule has 4 nitrogen and oxygen atoms in total. The van der Waals surface area contributed by atoms with Crippen LogP contribution in [0, 0.1) is 0 Å². The fraction of sp³-hybridized carbons (Fsp3) is 0.875. The Morgan fingerprint density at radius 3 is 2.83 bits per heavy atom. The fourth-order valence-corrected chi connectivity index (χ4v) is 1.33. The Balaban J connectivity index is 2.51. The van der Waals surface area contributed by atoms with Crippen molar-refractivity contribution in [3.63, 3.8) is 0 Å². The Bertz CT molecular complexity index is 172. The third-order valence-electron chi connectivity index (χ3n) is 2.31. The molecule has 4 heteroatoms. The Kier molecular flexibility index (Phi) is 3.05. The van der Waals surface area contributed by atoms with Crippen LogP contribution in [0.2, 0.25) is 0 Å². The summed E-state index contributed by atoms with van der Waals surface area (Å²) in [5.74, 6) is -0.0116. The summed E-state index contributed by atoms with van der Waals surface area (Å²) < 4.78 is 0. The number of nitrogens with one attached hydrogen (secondary N) is 1. The van der Waals surface area contributed by atoms with Gasteiger partial charge in [0.05, 0.1) is 6.10 Å². The van der Waals surface area contributed by atoms with Gasteiger partial charge in [0.15, 0.2) is 0 Å². The highest BCUT2D eigenvalue weighted by atomic mass is 16.3. The molecule has 0 bridgehead atoms. The molecular weight excluding hydrogens is 156 g/mol. The van der Waals surface area contributed by atoms with Crippen molar-refractivity contribution in [1.29, 1.82) is 0 Å². The molecule has 1 heterocycles. The minimum absolute atomic E-state index is 0.0116. The maximum atomic E-state index is 11.5. The fourth-order valence-electron chi connectivity index (χ4n) is 1.33. The molecule has 0 aromatic heterocycles. The molecule has 1 unspecified atom stereocenters. The summed E-state index contributed by atoms with van der Waals surface area (Å²) >= 11 is 0. The summed E-state index contributed by atoms with van der Waals surface area (Å²) in [4.78, 5) is 13.1. The number of aliphatic hydroxyl groups excluding tert-OH is 1. The summed E-state index contributed by atoms with van der Waals surface area (Å²) in [7, 11) is 1.75. The van der Waals surface area contributed by atoms with E-state index in [4.69, 9.17) is 0 Å². The molecule has 1 rings (SSSR count). The van der Waals surface area contributed by atoms with Crippen LogP contribution < -0.4 is 5.32 Å². The number of carbonyl (C=O) groups excluding carboxylic acids is 1. The minimum atomic E-state index is -0.508. The van der Waals surface area contributed by atoms with Gasteiger partial charge in [0.1, 0.15) is 6.04 Å². The van der Waals surface area contributed by atoms with Crippen molar-refractivity contribution in [3.8, 4) is 0 Å². The van der Waals surface area contributed by atoms with Gasteiger partial charge in [-0.25, -0.2) is 0 Å². The second-order valence-corrected chi connectivity index (χ2v) is 3.14. The number of amides is 1. The quantitative estimate of drug-likeness (QED) is 0.572. The number of likely N-dealkylation sites (N-methyl/N-ethyl adjacent to an activating group) is 1. The number of hydrogen-bond donors (Lipinski definition) is 2. The van der Waals surface area contributed by atoms with Crippen molar-refractivity contribution in [1.82, 2.24) is 10.2 Å². The average Bonchev–Trinajstić information content (AvgIpc) is 2.48. The van der Waals surface area contributed by atoms with E-state index in [1.165, 1.54) is 0 Å². The normalized spacial score (nSPS) is 28.9. The molecule has 2 N–H and O–H groups in total. The zero-order valence-corrected chi connectivity index (χ0v) is 7.58. The van der Waals surface area contributed by atoms with Gasteiger partial charge >= 0.3 is 0 Å². The molecule has 1 saturated heterocycles. The summed E-state index contributed by atoms with van der Waals surface area (Å²) in [5.41, 5.74) is 0. The lowest BCUT2D eigenvalue weighted by Gasteiger charge is -2.21. The summed E-state index contributed by atoms with van der Waals surface area (Å²) in [6, 6.07) is -0.380. The third-order valence-corrected chi connectivity index (χ3v) is 2.31. The molecule has 0 spiro atoms. The SMILES string of the molecule is CCN(C)C(=O)[C@H]1NCCC1O. The number of rotatable bonds is 2. The minimum Gasteiger partial charge on any atom is -0.391 e. The molecule has 0 saturated carbocycles. The van der Waals surface area contributed by atoms with E-state index in [1.54, 1.807) is 11.9 Å². The number of carbonyl (C=O) groups is 1. The lowest BCUT2D eigenvalue weighted by molar-refractivity contribution is -0.133. The highest BCUT2D eigenvalue weighted by Gasteiger charge is 2.32. The second kappa shape index (κ2) is 3.87. The van der Waals surface area contributed by atoms with Crippen LogP contribution in [0.5, 0.6) is 0 Å². The third kappa shape index (κ3) is 1.76. The monoisotopic (exact) mass is 172 g/mol. The van der Waals surface area contributed by atoms with Crippen LogP contribution in [0.15, 0.2) is 0 Å². The number of aliphatic hydroxyl groups is 1. The first kappa shape index (κ1) is 9.48. The summed E-state index contributed by atoms with van der Waals surface area (Å²) in [6.45, 7) is 3.33. The van der Waals surface area contributed by atoms with Gasteiger partial charge in [-0.05, 0) is 19.9 Å². The van der Waals surface area contributed by atoms with Crippen LogP contribution in [0.4, 0.5) is 0 Å². The zero-order valence-electron chi connectivity index (χ0n) is 7.58. The molecular formula is C8H16N2O2.